The van der Waals surface area contributed by atoms with Crippen LogP contribution in [0.1, 0.15) is 1.43 Å². The molecule has 72 valence electrons. The minimum Gasteiger partial charge on any atom is -1.00 e. The van der Waals surface area contributed by atoms with Gasteiger partial charge < -0.3 is 22.3 Å². The zero-order valence-corrected chi connectivity index (χ0v) is 12.2. The molecule has 0 aliphatic carbocycles. The summed E-state index contributed by atoms with van der Waals surface area (Å²) in [6.07, 6.45) is 0. The van der Waals surface area contributed by atoms with Crippen LogP contribution in [0, 0.1) is 0 Å². The third-order valence-electron chi connectivity index (χ3n) is 0.343. The van der Waals surface area contributed by atoms with Crippen molar-refractivity contribution in [2.75, 3.05) is 0 Å². The Hall–Kier alpha value is 2.29. The standard InChI is InChI=1S/K.H3N.H5O7P3.H/c;;1-9(2,3)7-10(4,5)6-8;/h;1H3;8H2,(H,4,5)(H2,1,2,3);/q+1;;;-1. The Morgan fingerprint density at radius 2 is 1.58 bits per heavy atom. The van der Waals surface area contributed by atoms with Crippen LogP contribution in [-0.2, 0) is 17.8 Å². The van der Waals surface area contributed by atoms with E-state index in [-0.39, 0.29) is 59.0 Å². The molecule has 0 radical (unpaired) electrons. The van der Waals surface area contributed by atoms with Gasteiger partial charge in [-0.1, -0.05) is 0 Å². The Morgan fingerprint density at radius 1 is 1.25 bits per heavy atom. The fourth-order valence-corrected chi connectivity index (χ4v) is 1.73. The van der Waals surface area contributed by atoms with Crippen LogP contribution in [-0.4, -0.2) is 14.7 Å². The first-order valence-electron chi connectivity index (χ1n) is 1.75. The molecule has 0 saturated heterocycles. The van der Waals surface area contributed by atoms with Crippen LogP contribution in [0.15, 0.2) is 0 Å². The Labute approximate surface area is 115 Å². The smallest absolute Gasteiger partial charge is 1.00 e. The molecule has 0 bridgehead atoms. The van der Waals surface area contributed by atoms with E-state index >= 15 is 0 Å². The van der Waals surface area contributed by atoms with Gasteiger partial charge in [0.2, 0.25) is 0 Å². The Bertz CT molecular complexity index is 202. The number of phosphoric acid groups is 2. The van der Waals surface area contributed by atoms with Crippen molar-refractivity contribution in [3.8, 4) is 0 Å². The molecule has 0 aromatic carbocycles. The van der Waals surface area contributed by atoms with Crippen LogP contribution in [0.4, 0.5) is 0 Å². The second-order valence-corrected chi connectivity index (χ2v) is 4.56. The minimum atomic E-state index is -4.96. The van der Waals surface area contributed by atoms with Crippen molar-refractivity contribution in [1.82, 2.24) is 6.15 Å². The Morgan fingerprint density at radius 3 is 1.67 bits per heavy atom. The van der Waals surface area contributed by atoms with Gasteiger partial charge in [-0.05, 0) is 0 Å². The predicted molar refractivity (Wildman–Crippen MR) is 39.9 cm³/mol. The summed E-state index contributed by atoms with van der Waals surface area (Å²) in [7, 11) is -8.20. The van der Waals surface area contributed by atoms with E-state index < -0.39 is 15.6 Å². The second-order valence-electron chi connectivity index (χ2n) is 1.15. The Kier molecular flexibility index (Phi) is 12.5. The van der Waals surface area contributed by atoms with Crippen LogP contribution in [0.25, 0.3) is 0 Å². The second kappa shape index (κ2) is 7.56. The average molecular weight is 267 g/mol. The molecule has 6 N–H and O–H groups in total. The van der Waals surface area contributed by atoms with Gasteiger partial charge in [0.1, 0.15) is 0 Å². The van der Waals surface area contributed by atoms with Crippen LogP contribution in [0.2, 0.25) is 0 Å². The zero-order chi connectivity index (χ0) is 8.41. The molecule has 0 amide bonds. The van der Waals surface area contributed by atoms with Crippen molar-refractivity contribution < 1.29 is 85.2 Å². The number of rotatable bonds is 3. The molecule has 0 aromatic heterocycles. The summed E-state index contributed by atoms with van der Waals surface area (Å²) in [4.78, 5) is 24.2. The number of hydrogen-bond donors (Lipinski definition) is 4. The maximum atomic E-state index is 10.2. The summed E-state index contributed by atoms with van der Waals surface area (Å²) >= 11 is 0. The molecular formula is H9KNO7P3. The fraction of sp³-hybridized carbons (Fsp3) is 0. The minimum absolute atomic E-state index is 0. The van der Waals surface area contributed by atoms with Crippen LogP contribution in [0.5, 0.6) is 0 Å². The molecule has 0 rings (SSSR count). The average Bonchev–Trinajstić information content (AvgIpc) is 1.60. The molecule has 12 heavy (non-hydrogen) atoms. The quantitative estimate of drug-likeness (QED) is 0.318. The third kappa shape index (κ3) is 12.3. The molecule has 0 aromatic rings. The molecule has 0 fully saturated rings. The predicted octanol–water partition coefficient (Wildman–Crippen LogP) is -2.72. The Balaban J connectivity index is -0.000000135. The summed E-state index contributed by atoms with van der Waals surface area (Å²) in [6.45, 7) is 0. The van der Waals surface area contributed by atoms with Crippen molar-refractivity contribution in [3.63, 3.8) is 0 Å². The van der Waals surface area contributed by atoms with Crippen LogP contribution in [0.3, 0.4) is 0 Å². The first-order valence-corrected chi connectivity index (χ1v) is 5.25. The van der Waals surface area contributed by atoms with E-state index in [1.807, 2.05) is 0 Å². The van der Waals surface area contributed by atoms with E-state index in [1.165, 1.54) is 9.47 Å². The van der Waals surface area contributed by atoms with Crippen molar-refractivity contribution in [2.24, 2.45) is 0 Å². The summed E-state index contributed by atoms with van der Waals surface area (Å²) in [5, 5.41) is 0. The summed E-state index contributed by atoms with van der Waals surface area (Å²) in [5.74, 6) is 0. The SMILES string of the molecule is N.O=P(O)(O)OP(=O)(O)OP.[H-].[K+]. The van der Waals surface area contributed by atoms with Gasteiger partial charge in [0.15, 0.2) is 0 Å². The van der Waals surface area contributed by atoms with Gasteiger partial charge in [0.05, 0.1) is 0 Å². The van der Waals surface area contributed by atoms with E-state index in [0.717, 1.165) is 0 Å². The van der Waals surface area contributed by atoms with Crippen molar-refractivity contribution in [1.29, 1.82) is 0 Å². The van der Waals surface area contributed by atoms with Crippen molar-refractivity contribution in [3.05, 3.63) is 0 Å². The largest absolute Gasteiger partial charge is 1.00 e. The molecule has 0 aliphatic rings. The summed E-state index contributed by atoms with van der Waals surface area (Å²) in [5.41, 5.74) is 0. The van der Waals surface area contributed by atoms with E-state index in [9.17, 15) is 9.13 Å². The normalized spacial score (nSPS) is 15.3. The van der Waals surface area contributed by atoms with Gasteiger partial charge in [-0.25, -0.2) is 9.13 Å². The molecule has 0 aliphatic heterocycles. The van der Waals surface area contributed by atoms with Gasteiger partial charge in [-0.2, -0.15) is 4.31 Å². The van der Waals surface area contributed by atoms with Gasteiger partial charge in [0.25, 0.3) is 0 Å². The van der Waals surface area contributed by atoms with Crippen LogP contribution >= 0.6 is 25.1 Å². The van der Waals surface area contributed by atoms with Crippen molar-refractivity contribution >= 4 is 25.1 Å². The van der Waals surface area contributed by atoms with Crippen LogP contribution < -0.4 is 57.5 Å². The molecule has 2 atom stereocenters. The maximum absolute atomic E-state index is 10.2. The van der Waals surface area contributed by atoms with E-state index in [2.05, 4.69) is 8.62 Å². The molecular weight excluding hydrogens is 258 g/mol. The summed E-state index contributed by atoms with van der Waals surface area (Å²) in [6, 6.07) is 0. The van der Waals surface area contributed by atoms with E-state index in [1.54, 1.807) is 0 Å². The topological polar surface area (TPSA) is 148 Å². The first-order chi connectivity index (χ1) is 4.27. The maximum Gasteiger partial charge on any atom is 1.00 e. The molecule has 2 unspecified atom stereocenters. The van der Waals surface area contributed by atoms with Gasteiger partial charge in [0, 0.05) is 9.47 Å². The first kappa shape index (κ1) is 19.8. The molecule has 8 nitrogen and oxygen atoms in total. The van der Waals surface area contributed by atoms with E-state index in [4.69, 9.17) is 14.7 Å². The number of hydrogen-bond acceptors (Lipinski definition) is 5. The van der Waals surface area contributed by atoms with E-state index in [0.29, 0.717) is 0 Å². The van der Waals surface area contributed by atoms with Gasteiger partial charge in [-0.3, -0.25) is 4.31 Å². The monoisotopic (exact) mass is 267 g/mol. The van der Waals surface area contributed by atoms with Gasteiger partial charge >= 0.3 is 67.0 Å². The molecule has 0 spiro atoms. The van der Waals surface area contributed by atoms with Gasteiger partial charge in [-0.15, -0.1) is 0 Å². The summed E-state index contributed by atoms with van der Waals surface area (Å²) < 4.78 is 27.0. The zero-order valence-electron chi connectivity index (χ0n) is 7.15. The molecule has 0 heterocycles. The molecule has 0 saturated carbocycles. The van der Waals surface area contributed by atoms with Crippen molar-refractivity contribution in [2.45, 2.75) is 0 Å². The molecule has 12 heteroatoms. The fourth-order valence-electron chi connectivity index (χ4n) is 0.154. The third-order valence-corrected chi connectivity index (χ3v) is 3.08.